The number of carbonyl (C=O) groups is 1. The maximum Gasteiger partial charge on any atom is 0.219 e. The molecule has 0 atom stereocenters. The van der Waals surface area contributed by atoms with E-state index in [4.69, 9.17) is 5.73 Å². The number of amides is 1. The molecule has 1 aromatic heterocycles. The first-order valence-electron chi connectivity index (χ1n) is 5.80. The van der Waals surface area contributed by atoms with Gasteiger partial charge in [0.25, 0.3) is 0 Å². The number of nitrogens with zero attached hydrogens (tertiary/aromatic N) is 2. The van der Waals surface area contributed by atoms with E-state index in [1.54, 1.807) is 6.92 Å². The van der Waals surface area contributed by atoms with Gasteiger partial charge in [0.2, 0.25) is 5.91 Å². The van der Waals surface area contributed by atoms with Gasteiger partial charge in [-0.15, -0.1) is 11.3 Å². The molecule has 0 radical (unpaired) electrons. The van der Waals surface area contributed by atoms with Crippen LogP contribution in [0.3, 0.4) is 0 Å². The maximum atomic E-state index is 11.2. The summed E-state index contributed by atoms with van der Waals surface area (Å²) < 4.78 is 0. The third-order valence-electron chi connectivity index (χ3n) is 3.06. The van der Waals surface area contributed by atoms with Gasteiger partial charge in [-0.25, -0.2) is 4.98 Å². The average molecular weight is 251 g/mol. The first-order valence-corrected chi connectivity index (χ1v) is 6.68. The lowest BCUT2D eigenvalue weighted by Crippen LogP contribution is -2.36. The number of carbonyl (C=O) groups excluding carboxylic acids is 1. The van der Waals surface area contributed by atoms with Gasteiger partial charge in [0, 0.05) is 25.4 Å². The van der Waals surface area contributed by atoms with Gasteiger partial charge in [-0.2, -0.15) is 0 Å². The number of aromatic nitrogens is 1. The monoisotopic (exact) mass is 251 g/mol. The van der Waals surface area contributed by atoms with E-state index in [9.17, 15) is 4.79 Å². The zero-order valence-corrected chi connectivity index (χ0v) is 10.7. The fraction of sp³-hybridized carbons (Fsp3) is 0.500. The predicted molar refractivity (Wildman–Crippen MR) is 70.5 cm³/mol. The minimum absolute atomic E-state index is 0.180. The van der Waals surface area contributed by atoms with Crippen molar-refractivity contribution in [2.45, 2.75) is 19.8 Å². The second-order valence-electron chi connectivity index (χ2n) is 4.31. The molecule has 0 aromatic carbocycles. The van der Waals surface area contributed by atoms with Crippen molar-refractivity contribution < 1.29 is 4.79 Å². The molecule has 0 aliphatic carbocycles. The summed E-state index contributed by atoms with van der Waals surface area (Å²) in [5.74, 6) is 0.730. The van der Waals surface area contributed by atoms with E-state index in [0.717, 1.165) is 31.6 Å². The number of hydrogen-bond acceptors (Lipinski definition) is 4. The molecule has 1 saturated heterocycles. The lowest BCUT2D eigenvalue weighted by Gasteiger charge is -2.29. The normalized spacial score (nSPS) is 17.8. The number of likely N-dealkylation sites (tertiary alicyclic amines) is 1. The first kappa shape index (κ1) is 12.1. The average Bonchev–Trinajstić information content (AvgIpc) is 2.73. The Labute approximate surface area is 105 Å². The van der Waals surface area contributed by atoms with Crippen LogP contribution >= 0.6 is 11.3 Å². The second kappa shape index (κ2) is 5.31. The number of nitrogen functional groups attached to an aromatic ring is 1. The van der Waals surface area contributed by atoms with Crippen molar-refractivity contribution in [3.05, 3.63) is 17.2 Å². The Balaban J connectivity index is 1.85. The largest absolute Gasteiger partial charge is 0.375 e. The number of anilines is 1. The van der Waals surface area contributed by atoms with Crippen LogP contribution in [0.1, 0.15) is 25.5 Å². The van der Waals surface area contributed by atoms with Crippen molar-refractivity contribution in [1.29, 1.82) is 0 Å². The molecule has 4 nitrogen and oxygen atoms in total. The molecule has 1 aromatic rings. The van der Waals surface area contributed by atoms with Gasteiger partial charge in [-0.3, -0.25) is 4.79 Å². The molecule has 1 aliphatic rings. The summed E-state index contributed by atoms with van der Waals surface area (Å²) in [7, 11) is 0. The first-order chi connectivity index (χ1) is 8.15. The minimum Gasteiger partial charge on any atom is -0.375 e. The summed E-state index contributed by atoms with van der Waals surface area (Å²) in [6.45, 7) is 3.36. The minimum atomic E-state index is 0.180. The predicted octanol–water partition coefficient (Wildman–Crippen LogP) is 2.00. The van der Waals surface area contributed by atoms with E-state index >= 15 is 0 Å². The van der Waals surface area contributed by atoms with Gasteiger partial charge in [0.15, 0.2) is 5.13 Å². The Hall–Kier alpha value is -1.36. The molecular weight excluding hydrogens is 234 g/mol. The molecule has 17 heavy (non-hydrogen) atoms. The highest BCUT2D eigenvalue weighted by Crippen LogP contribution is 2.20. The van der Waals surface area contributed by atoms with Crippen molar-refractivity contribution >= 4 is 28.5 Å². The third-order valence-corrected chi connectivity index (χ3v) is 3.76. The lowest BCUT2D eigenvalue weighted by molar-refractivity contribution is -0.129. The van der Waals surface area contributed by atoms with Crippen LogP contribution in [-0.4, -0.2) is 28.9 Å². The molecule has 1 amide bonds. The fourth-order valence-corrected chi connectivity index (χ4v) is 2.55. The quantitative estimate of drug-likeness (QED) is 0.874. The van der Waals surface area contributed by atoms with Crippen LogP contribution in [0.4, 0.5) is 5.13 Å². The molecule has 2 rings (SSSR count). The molecule has 0 unspecified atom stereocenters. The van der Waals surface area contributed by atoms with E-state index in [0.29, 0.717) is 11.0 Å². The smallest absolute Gasteiger partial charge is 0.219 e. The topological polar surface area (TPSA) is 59.2 Å². The highest BCUT2D eigenvalue weighted by Gasteiger charge is 2.18. The number of hydrogen-bond donors (Lipinski definition) is 1. The van der Waals surface area contributed by atoms with E-state index in [1.807, 2.05) is 16.4 Å². The number of thiazole rings is 1. The van der Waals surface area contributed by atoms with Crippen LogP contribution in [-0.2, 0) is 4.79 Å². The molecule has 92 valence electrons. The van der Waals surface area contributed by atoms with Gasteiger partial charge >= 0.3 is 0 Å². The van der Waals surface area contributed by atoms with Gasteiger partial charge in [-0.1, -0.05) is 6.08 Å². The third kappa shape index (κ3) is 3.30. The van der Waals surface area contributed by atoms with Crippen molar-refractivity contribution in [2.75, 3.05) is 18.8 Å². The Morgan fingerprint density at radius 3 is 2.82 bits per heavy atom. The zero-order valence-electron chi connectivity index (χ0n) is 9.93. The van der Waals surface area contributed by atoms with E-state index < -0.39 is 0 Å². The summed E-state index contributed by atoms with van der Waals surface area (Å²) in [4.78, 5) is 17.3. The Bertz CT molecular complexity index is 419. The van der Waals surface area contributed by atoms with Crippen molar-refractivity contribution in [3.63, 3.8) is 0 Å². The van der Waals surface area contributed by atoms with E-state index in [1.165, 1.54) is 11.3 Å². The van der Waals surface area contributed by atoms with Gasteiger partial charge in [-0.05, 0) is 24.8 Å². The Morgan fingerprint density at radius 2 is 2.29 bits per heavy atom. The van der Waals surface area contributed by atoms with E-state index in [2.05, 4.69) is 11.1 Å². The van der Waals surface area contributed by atoms with Crippen LogP contribution in [0.15, 0.2) is 11.5 Å². The summed E-state index contributed by atoms with van der Waals surface area (Å²) >= 11 is 1.46. The molecule has 0 spiro atoms. The lowest BCUT2D eigenvalue weighted by atomic mass is 9.96. The summed E-state index contributed by atoms with van der Waals surface area (Å²) in [5, 5.41) is 2.56. The number of piperidine rings is 1. The van der Waals surface area contributed by atoms with Crippen LogP contribution in [0, 0.1) is 5.92 Å². The standard InChI is InChI=1S/C12H17N3OS/c1-9(16)15-6-4-10(5-7-15)2-3-11-8-17-12(13)14-11/h2-3,8,10H,4-7H2,1H3,(H2,13,14). The Morgan fingerprint density at radius 1 is 1.59 bits per heavy atom. The zero-order chi connectivity index (χ0) is 12.3. The SMILES string of the molecule is CC(=O)N1CCC(C=Cc2csc(N)n2)CC1. The maximum absolute atomic E-state index is 11.2. The Kier molecular flexibility index (Phi) is 3.78. The molecule has 2 N–H and O–H groups in total. The highest BCUT2D eigenvalue weighted by molar-refractivity contribution is 7.13. The van der Waals surface area contributed by atoms with Crippen LogP contribution in [0.25, 0.3) is 6.08 Å². The van der Waals surface area contributed by atoms with Gasteiger partial charge in [0.05, 0.1) is 5.69 Å². The second-order valence-corrected chi connectivity index (χ2v) is 5.20. The van der Waals surface area contributed by atoms with E-state index in [-0.39, 0.29) is 5.91 Å². The number of allylic oxidation sites excluding steroid dienone is 1. The molecular formula is C12H17N3OS. The highest BCUT2D eigenvalue weighted by atomic mass is 32.1. The fourth-order valence-electron chi connectivity index (χ4n) is 2.02. The molecule has 0 bridgehead atoms. The summed E-state index contributed by atoms with van der Waals surface area (Å²) in [6, 6.07) is 0. The van der Waals surface area contributed by atoms with Crippen molar-refractivity contribution in [2.24, 2.45) is 5.92 Å². The van der Waals surface area contributed by atoms with Crippen LogP contribution in [0.5, 0.6) is 0 Å². The number of nitrogens with two attached hydrogens (primary N) is 1. The van der Waals surface area contributed by atoms with Gasteiger partial charge < -0.3 is 10.6 Å². The number of rotatable bonds is 2. The van der Waals surface area contributed by atoms with Crippen molar-refractivity contribution in [3.8, 4) is 0 Å². The summed E-state index contributed by atoms with van der Waals surface area (Å²) in [6.07, 6.45) is 6.29. The summed E-state index contributed by atoms with van der Waals surface area (Å²) in [5.41, 5.74) is 6.50. The molecule has 2 heterocycles. The molecule has 1 fully saturated rings. The van der Waals surface area contributed by atoms with Crippen molar-refractivity contribution in [1.82, 2.24) is 9.88 Å². The van der Waals surface area contributed by atoms with Gasteiger partial charge in [0.1, 0.15) is 0 Å². The van der Waals surface area contributed by atoms with Crippen LogP contribution < -0.4 is 5.73 Å². The molecule has 1 aliphatic heterocycles. The van der Waals surface area contributed by atoms with Crippen LogP contribution in [0.2, 0.25) is 0 Å². The molecule has 5 heteroatoms. The molecule has 0 saturated carbocycles.